The van der Waals surface area contributed by atoms with E-state index in [1.165, 1.54) is 0 Å². The molecule has 180 valence electrons. The lowest BCUT2D eigenvalue weighted by Gasteiger charge is -2.13. The van der Waals surface area contributed by atoms with Crippen molar-refractivity contribution < 1.29 is 4.79 Å². The first kappa shape index (κ1) is 24.5. The van der Waals surface area contributed by atoms with Gasteiger partial charge in [0.05, 0.1) is 11.4 Å². The summed E-state index contributed by atoms with van der Waals surface area (Å²) in [6.07, 6.45) is 5.73. The number of hydrogen-bond donors (Lipinski definition) is 3. The molecule has 0 spiro atoms. The van der Waals surface area contributed by atoms with Crippen LogP contribution in [0, 0.1) is 0 Å². The molecule has 3 N–H and O–H groups in total. The highest BCUT2D eigenvalue weighted by Gasteiger charge is 2.17. The van der Waals surface area contributed by atoms with Gasteiger partial charge < -0.3 is 10.3 Å². The summed E-state index contributed by atoms with van der Waals surface area (Å²) < 4.78 is 0. The van der Waals surface area contributed by atoms with Gasteiger partial charge in [-0.3, -0.25) is 5.32 Å². The quantitative estimate of drug-likeness (QED) is 0.158. The number of aromatic amines is 1. The highest BCUT2D eigenvalue weighted by molar-refractivity contribution is 7.99. The summed E-state index contributed by atoms with van der Waals surface area (Å²) in [5, 5.41) is 7.05. The van der Waals surface area contributed by atoms with E-state index in [-0.39, 0.29) is 6.03 Å². The third-order valence-corrected chi connectivity index (χ3v) is 6.99. The third-order valence-electron chi connectivity index (χ3n) is 5.67. The van der Waals surface area contributed by atoms with E-state index >= 15 is 0 Å². The van der Waals surface area contributed by atoms with Crippen molar-refractivity contribution in [2.75, 3.05) is 11.9 Å². The highest BCUT2D eigenvalue weighted by Crippen LogP contribution is 2.35. The zero-order valence-corrected chi connectivity index (χ0v) is 20.7. The number of rotatable bonds is 11. The fourth-order valence-electron chi connectivity index (χ4n) is 3.83. The Morgan fingerprint density at radius 1 is 0.943 bits per heavy atom. The fourth-order valence-corrected chi connectivity index (χ4v) is 4.90. The number of imidazole rings is 1. The van der Waals surface area contributed by atoms with Gasteiger partial charge in [-0.2, -0.15) is 0 Å². The molecule has 2 aromatic carbocycles. The highest BCUT2D eigenvalue weighted by atomic mass is 32.2. The number of nitrogens with zero attached hydrogens (tertiary/aromatic N) is 2. The molecule has 4 aromatic rings. The van der Waals surface area contributed by atoms with Gasteiger partial charge >= 0.3 is 6.03 Å². The maximum Gasteiger partial charge on any atom is 0.320 e. The standard InChI is InChI=1S/C28H31N5OS/c1-2-23(17-9-11-20-30-27(34)31-24-18-10-12-19-29-24)35-28-32-25(21-13-5-3-6-14-21)26(33-28)22-15-7-4-8-16-22/h3-8,10,12-16,18-19,23H,2,9,11,17,20H2,1H3,(H,32,33)(H2,29,30,31,34). The van der Waals surface area contributed by atoms with Crippen molar-refractivity contribution >= 4 is 23.6 Å². The predicted octanol–water partition coefficient (Wildman–Crippen LogP) is 7.00. The van der Waals surface area contributed by atoms with Crippen molar-refractivity contribution in [1.82, 2.24) is 20.3 Å². The summed E-state index contributed by atoms with van der Waals surface area (Å²) in [5.74, 6) is 0.552. The van der Waals surface area contributed by atoms with Crippen LogP contribution in [0.25, 0.3) is 22.5 Å². The number of pyridine rings is 1. The molecule has 6 nitrogen and oxygen atoms in total. The van der Waals surface area contributed by atoms with Crippen LogP contribution in [0.1, 0.15) is 32.6 Å². The van der Waals surface area contributed by atoms with E-state index in [0.29, 0.717) is 17.6 Å². The minimum atomic E-state index is -0.220. The van der Waals surface area contributed by atoms with E-state index in [4.69, 9.17) is 4.98 Å². The van der Waals surface area contributed by atoms with Gasteiger partial charge in [-0.25, -0.2) is 14.8 Å². The predicted molar refractivity (Wildman–Crippen MR) is 145 cm³/mol. The smallest absolute Gasteiger partial charge is 0.320 e. The molecule has 1 unspecified atom stereocenters. The molecule has 0 aliphatic heterocycles. The van der Waals surface area contributed by atoms with E-state index < -0.39 is 0 Å². The molecule has 2 aromatic heterocycles. The maximum absolute atomic E-state index is 12.0. The molecule has 2 heterocycles. The normalized spacial score (nSPS) is 11.7. The molecule has 2 amide bonds. The number of unbranched alkanes of at least 4 members (excludes halogenated alkanes) is 1. The molecule has 0 aliphatic carbocycles. The Morgan fingerprint density at radius 2 is 1.66 bits per heavy atom. The topological polar surface area (TPSA) is 82.7 Å². The summed E-state index contributed by atoms with van der Waals surface area (Å²) in [6, 6.07) is 25.9. The largest absolute Gasteiger partial charge is 0.338 e. The van der Waals surface area contributed by atoms with Crippen molar-refractivity contribution in [2.45, 2.75) is 43.0 Å². The molecule has 0 bridgehead atoms. The monoisotopic (exact) mass is 485 g/mol. The van der Waals surface area contributed by atoms with Gasteiger partial charge in [0.15, 0.2) is 5.16 Å². The lowest BCUT2D eigenvalue weighted by molar-refractivity contribution is 0.252. The van der Waals surface area contributed by atoms with Crippen LogP contribution in [0.2, 0.25) is 0 Å². The summed E-state index contributed by atoms with van der Waals surface area (Å²) >= 11 is 1.80. The number of H-pyrrole nitrogens is 1. The van der Waals surface area contributed by atoms with Crippen molar-refractivity contribution in [3.05, 3.63) is 85.1 Å². The Kier molecular flexibility index (Phi) is 8.95. The summed E-state index contributed by atoms with van der Waals surface area (Å²) in [5.41, 5.74) is 4.28. The van der Waals surface area contributed by atoms with Crippen LogP contribution in [0.5, 0.6) is 0 Å². The van der Waals surface area contributed by atoms with Crippen molar-refractivity contribution in [3.8, 4) is 22.5 Å². The molecule has 0 saturated carbocycles. The van der Waals surface area contributed by atoms with Crippen LogP contribution in [0.3, 0.4) is 0 Å². The average Bonchev–Trinajstić information content (AvgIpc) is 3.33. The van der Waals surface area contributed by atoms with Crippen LogP contribution in [0.4, 0.5) is 10.6 Å². The zero-order valence-electron chi connectivity index (χ0n) is 19.9. The first-order valence-corrected chi connectivity index (χ1v) is 12.9. The van der Waals surface area contributed by atoms with Crippen molar-refractivity contribution in [3.63, 3.8) is 0 Å². The number of aromatic nitrogens is 3. The SMILES string of the molecule is CCC(CCCCNC(=O)Nc1ccccn1)Sc1nc(-c2ccccc2)c(-c2ccccc2)[nH]1. The summed E-state index contributed by atoms with van der Waals surface area (Å²) in [7, 11) is 0. The van der Waals surface area contributed by atoms with Crippen LogP contribution in [-0.2, 0) is 0 Å². The molecular formula is C28H31N5OS. The Balaban J connectivity index is 1.31. The molecule has 0 saturated heterocycles. The summed E-state index contributed by atoms with van der Waals surface area (Å²) in [6.45, 7) is 2.85. The van der Waals surface area contributed by atoms with E-state index in [9.17, 15) is 4.79 Å². The number of thioether (sulfide) groups is 1. The Bertz CT molecular complexity index is 1120. The Hall–Kier alpha value is -3.58. The van der Waals surface area contributed by atoms with Crippen LogP contribution >= 0.6 is 11.8 Å². The fraction of sp³-hybridized carbons (Fsp3) is 0.250. The first-order chi connectivity index (χ1) is 17.2. The van der Waals surface area contributed by atoms with Gasteiger partial charge in [-0.1, -0.05) is 91.8 Å². The molecule has 1 atom stereocenters. The number of carbonyl (C=O) groups is 1. The molecule has 4 rings (SSSR count). The van der Waals surface area contributed by atoms with Gasteiger partial charge in [0.1, 0.15) is 5.82 Å². The molecule has 0 fully saturated rings. The number of benzene rings is 2. The zero-order chi connectivity index (χ0) is 24.3. The summed E-state index contributed by atoms with van der Waals surface area (Å²) in [4.78, 5) is 24.7. The van der Waals surface area contributed by atoms with E-state index in [1.807, 2.05) is 36.4 Å². The Morgan fingerprint density at radius 3 is 2.34 bits per heavy atom. The van der Waals surface area contributed by atoms with E-state index in [1.54, 1.807) is 24.0 Å². The number of nitrogens with one attached hydrogen (secondary N) is 3. The molecule has 7 heteroatoms. The molecule has 35 heavy (non-hydrogen) atoms. The number of hydrogen-bond acceptors (Lipinski definition) is 4. The lowest BCUT2D eigenvalue weighted by atomic mass is 10.1. The second kappa shape index (κ2) is 12.8. The van der Waals surface area contributed by atoms with Crippen molar-refractivity contribution in [1.29, 1.82) is 0 Å². The van der Waals surface area contributed by atoms with Crippen LogP contribution in [0.15, 0.2) is 90.2 Å². The minimum Gasteiger partial charge on any atom is -0.338 e. The first-order valence-electron chi connectivity index (χ1n) is 12.1. The second-order valence-corrected chi connectivity index (χ2v) is 9.53. The number of amides is 2. The average molecular weight is 486 g/mol. The van der Waals surface area contributed by atoms with Gasteiger partial charge in [-0.15, -0.1) is 0 Å². The second-order valence-electron chi connectivity index (χ2n) is 8.24. The number of anilines is 1. The van der Waals surface area contributed by atoms with E-state index in [2.05, 4.69) is 63.9 Å². The third kappa shape index (κ3) is 7.20. The molecule has 0 aliphatic rings. The number of urea groups is 1. The van der Waals surface area contributed by atoms with Gasteiger partial charge in [0.25, 0.3) is 0 Å². The van der Waals surface area contributed by atoms with Gasteiger partial charge in [0.2, 0.25) is 0 Å². The van der Waals surface area contributed by atoms with Crippen molar-refractivity contribution in [2.24, 2.45) is 0 Å². The van der Waals surface area contributed by atoms with Gasteiger partial charge in [-0.05, 0) is 31.4 Å². The molecular weight excluding hydrogens is 454 g/mol. The minimum absolute atomic E-state index is 0.220. The van der Waals surface area contributed by atoms with Crippen LogP contribution in [-0.4, -0.2) is 32.8 Å². The maximum atomic E-state index is 12.0. The molecule has 0 radical (unpaired) electrons. The van der Waals surface area contributed by atoms with E-state index in [0.717, 1.165) is 53.4 Å². The Labute approximate surface area is 211 Å². The van der Waals surface area contributed by atoms with Crippen LogP contribution < -0.4 is 10.6 Å². The lowest BCUT2D eigenvalue weighted by Crippen LogP contribution is -2.29. The van der Waals surface area contributed by atoms with Gasteiger partial charge in [0, 0.05) is 29.1 Å². The number of carbonyl (C=O) groups excluding carboxylic acids is 1.